The Hall–Kier alpha value is -1.28. The van der Waals surface area contributed by atoms with Crippen LogP contribution in [0.15, 0.2) is 36.5 Å². The number of aromatic amines is 1. The standard InChI is InChI=1S/C8H7N.H2O/c1-2-4-8-7(3-1)5-6-9-8;/h1-6,9H;1H2. The lowest BCUT2D eigenvalue weighted by Crippen LogP contribution is -1.61. The van der Waals surface area contributed by atoms with Crippen LogP contribution in [0.5, 0.6) is 0 Å². The fraction of sp³-hybridized carbons (Fsp3) is 0. The maximum atomic E-state index is 3.12. The van der Waals surface area contributed by atoms with E-state index < -0.39 is 0 Å². The van der Waals surface area contributed by atoms with Crippen LogP contribution in [0.1, 0.15) is 0 Å². The lowest BCUT2D eigenvalue weighted by Gasteiger charge is -1.83. The highest BCUT2D eigenvalue weighted by Crippen LogP contribution is 2.09. The Morgan fingerprint density at radius 2 is 1.80 bits per heavy atom. The van der Waals surface area contributed by atoms with Crippen LogP contribution in [-0.2, 0) is 0 Å². The van der Waals surface area contributed by atoms with Crippen molar-refractivity contribution < 1.29 is 5.48 Å². The minimum absolute atomic E-state index is 0. The Morgan fingerprint density at radius 3 is 2.60 bits per heavy atom. The first-order valence-corrected chi connectivity index (χ1v) is 2.99. The van der Waals surface area contributed by atoms with Crippen LogP contribution < -0.4 is 0 Å². The average Bonchev–Trinajstić information content (AvgIpc) is 2.33. The van der Waals surface area contributed by atoms with Gasteiger partial charge in [-0.1, -0.05) is 18.2 Å². The molecule has 0 saturated carbocycles. The third-order valence-corrected chi connectivity index (χ3v) is 1.46. The van der Waals surface area contributed by atoms with Gasteiger partial charge in [0.2, 0.25) is 0 Å². The summed E-state index contributed by atoms with van der Waals surface area (Å²) in [6.07, 6.45) is 1.95. The molecule has 3 N–H and O–H groups in total. The van der Waals surface area contributed by atoms with E-state index in [9.17, 15) is 0 Å². The number of H-pyrrole nitrogens is 1. The van der Waals surface area contributed by atoms with Gasteiger partial charge in [0.15, 0.2) is 0 Å². The maximum absolute atomic E-state index is 3.12. The molecule has 10 heavy (non-hydrogen) atoms. The van der Waals surface area contributed by atoms with Crippen molar-refractivity contribution in [1.82, 2.24) is 4.98 Å². The van der Waals surface area contributed by atoms with Crippen molar-refractivity contribution in [2.24, 2.45) is 0 Å². The van der Waals surface area contributed by atoms with Gasteiger partial charge in [-0.05, 0) is 17.5 Å². The van der Waals surface area contributed by atoms with E-state index in [-0.39, 0.29) is 5.48 Å². The van der Waals surface area contributed by atoms with Gasteiger partial charge in [0.05, 0.1) is 0 Å². The molecule has 2 heteroatoms. The first kappa shape index (κ1) is 6.83. The van der Waals surface area contributed by atoms with Crippen molar-refractivity contribution in [1.29, 1.82) is 0 Å². The normalized spacial score (nSPS) is 9.20. The lowest BCUT2D eigenvalue weighted by molar-refractivity contribution is 0.824. The molecule has 1 aromatic carbocycles. The third-order valence-electron chi connectivity index (χ3n) is 1.46. The molecule has 0 unspecified atom stereocenters. The number of hydrogen-bond donors (Lipinski definition) is 1. The highest BCUT2D eigenvalue weighted by Gasteiger charge is 1.86. The van der Waals surface area contributed by atoms with Crippen LogP contribution in [0.2, 0.25) is 0 Å². The van der Waals surface area contributed by atoms with E-state index in [1.807, 2.05) is 18.3 Å². The Labute approximate surface area is 58.8 Å². The van der Waals surface area contributed by atoms with Crippen LogP contribution in [-0.4, -0.2) is 10.5 Å². The third kappa shape index (κ3) is 0.890. The molecule has 0 aliphatic rings. The van der Waals surface area contributed by atoms with Gasteiger partial charge in [-0.25, -0.2) is 0 Å². The van der Waals surface area contributed by atoms with Crippen LogP contribution in [0.4, 0.5) is 0 Å². The number of nitrogens with one attached hydrogen (secondary N) is 1. The van der Waals surface area contributed by atoms with Gasteiger partial charge in [0, 0.05) is 11.7 Å². The summed E-state index contributed by atoms with van der Waals surface area (Å²) in [6, 6.07) is 10.3. The molecule has 0 spiro atoms. The molecule has 52 valence electrons. The molecule has 0 amide bonds. The number of aromatic nitrogens is 1. The van der Waals surface area contributed by atoms with Gasteiger partial charge >= 0.3 is 0 Å². The first-order valence-electron chi connectivity index (χ1n) is 2.99. The summed E-state index contributed by atoms with van der Waals surface area (Å²) in [7, 11) is 0. The fourth-order valence-electron chi connectivity index (χ4n) is 0.995. The zero-order valence-corrected chi connectivity index (χ0v) is 5.46. The summed E-state index contributed by atoms with van der Waals surface area (Å²) in [5.41, 5.74) is 1.21. The smallest absolute Gasteiger partial charge is 0.0453 e. The number of hydrogen-bond acceptors (Lipinski definition) is 0. The molecule has 0 saturated heterocycles. The average molecular weight is 135 g/mol. The van der Waals surface area contributed by atoms with Crippen molar-refractivity contribution in [3.63, 3.8) is 0 Å². The summed E-state index contributed by atoms with van der Waals surface area (Å²) in [5.74, 6) is 0. The van der Waals surface area contributed by atoms with E-state index in [0.29, 0.717) is 0 Å². The van der Waals surface area contributed by atoms with Gasteiger partial charge in [0.1, 0.15) is 0 Å². The summed E-state index contributed by atoms with van der Waals surface area (Å²) in [5, 5.41) is 1.28. The first-order chi connectivity index (χ1) is 4.47. The minimum atomic E-state index is 0. The molecular formula is C8H9NO. The number of rotatable bonds is 0. The fourth-order valence-corrected chi connectivity index (χ4v) is 0.995. The Balaban J connectivity index is 0.000000500. The van der Waals surface area contributed by atoms with Gasteiger partial charge in [-0.3, -0.25) is 0 Å². The van der Waals surface area contributed by atoms with Crippen LogP contribution in [0, 0.1) is 0 Å². The van der Waals surface area contributed by atoms with Gasteiger partial charge in [-0.2, -0.15) is 0 Å². The van der Waals surface area contributed by atoms with Crippen LogP contribution >= 0.6 is 0 Å². The number of para-hydroxylation sites is 1. The largest absolute Gasteiger partial charge is 0.412 e. The highest BCUT2D eigenvalue weighted by atomic mass is 16.0. The maximum Gasteiger partial charge on any atom is 0.0453 e. The van der Waals surface area contributed by atoms with E-state index in [1.165, 1.54) is 10.9 Å². The quantitative estimate of drug-likeness (QED) is 0.566. The van der Waals surface area contributed by atoms with Crippen molar-refractivity contribution in [3.8, 4) is 0 Å². The van der Waals surface area contributed by atoms with E-state index in [2.05, 4.69) is 23.2 Å². The van der Waals surface area contributed by atoms with E-state index in [4.69, 9.17) is 0 Å². The Morgan fingerprint density at radius 1 is 1.00 bits per heavy atom. The summed E-state index contributed by atoms with van der Waals surface area (Å²) >= 11 is 0. The SMILES string of the molecule is O.c1ccc2[nH]ccc2c1. The summed E-state index contributed by atoms with van der Waals surface area (Å²) in [4.78, 5) is 3.12. The van der Waals surface area contributed by atoms with Gasteiger partial charge in [-0.15, -0.1) is 0 Å². The van der Waals surface area contributed by atoms with Gasteiger partial charge in [0.25, 0.3) is 0 Å². The molecule has 0 fully saturated rings. The zero-order valence-electron chi connectivity index (χ0n) is 5.46. The van der Waals surface area contributed by atoms with Crippen molar-refractivity contribution >= 4 is 10.9 Å². The minimum Gasteiger partial charge on any atom is -0.412 e. The molecule has 0 atom stereocenters. The number of fused-ring (bicyclic) bond motifs is 1. The molecule has 0 aliphatic heterocycles. The molecule has 2 rings (SSSR count). The summed E-state index contributed by atoms with van der Waals surface area (Å²) in [6.45, 7) is 0. The van der Waals surface area contributed by atoms with E-state index in [1.54, 1.807) is 0 Å². The zero-order chi connectivity index (χ0) is 6.10. The molecule has 1 heterocycles. The lowest BCUT2D eigenvalue weighted by atomic mass is 10.3. The second-order valence-electron chi connectivity index (χ2n) is 2.06. The monoisotopic (exact) mass is 135 g/mol. The van der Waals surface area contributed by atoms with Crippen molar-refractivity contribution in [2.45, 2.75) is 0 Å². The Kier molecular flexibility index (Phi) is 1.73. The second kappa shape index (κ2) is 2.54. The summed E-state index contributed by atoms with van der Waals surface area (Å²) < 4.78 is 0. The molecule has 2 nitrogen and oxygen atoms in total. The van der Waals surface area contributed by atoms with Crippen molar-refractivity contribution in [2.75, 3.05) is 0 Å². The van der Waals surface area contributed by atoms with Crippen LogP contribution in [0.3, 0.4) is 0 Å². The Bertz CT molecular complexity index is 283. The predicted molar refractivity (Wildman–Crippen MR) is 41.9 cm³/mol. The molecular weight excluding hydrogens is 126 g/mol. The van der Waals surface area contributed by atoms with Crippen molar-refractivity contribution in [3.05, 3.63) is 36.5 Å². The number of benzene rings is 1. The predicted octanol–water partition coefficient (Wildman–Crippen LogP) is 1.34. The molecule has 0 radical (unpaired) electrons. The second-order valence-corrected chi connectivity index (χ2v) is 2.06. The van der Waals surface area contributed by atoms with Gasteiger partial charge < -0.3 is 10.5 Å². The highest BCUT2D eigenvalue weighted by molar-refractivity contribution is 5.78. The van der Waals surface area contributed by atoms with E-state index in [0.717, 1.165) is 0 Å². The topological polar surface area (TPSA) is 47.3 Å². The molecule has 2 aromatic rings. The molecule has 0 aliphatic carbocycles. The molecule has 1 aromatic heterocycles. The molecule has 0 bridgehead atoms. The van der Waals surface area contributed by atoms with Crippen LogP contribution in [0.25, 0.3) is 10.9 Å². The van der Waals surface area contributed by atoms with E-state index >= 15 is 0 Å².